The number of likely N-dealkylation sites (N-methyl/N-ethyl adjacent to an activating group) is 1. The Morgan fingerprint density at radius 3 is 2.33 bits per heavy atom. The second-order valence-electron chi connectivity index (χ2n) is 6.24. The predicted molar refractivity (Wildman–Crippen MR) is 101 cm³/mol. The predicted octanol–water partition coefficient (Wildman–Crippen LogP) is 2.13. The Balaban J connectivity index is 1.87. The van der Waals surface area contributed by atoms with E-state index in [0.717, 1.165) is 19.2 Å². The van der Waals surface area contributed by atoms with Crippen LogP contribution in [-0.4, -0.2) is 47.5 Å². The van der Waals surface area contributed by atoms with Crippen molar-refractivity contribution in [2.45, 2.75) is 13.3 Å². The summed E-state index contributed by atoms with van der Waals surface area (Å²) in [6.45, 7) is 1.72. The molecule has 1 amide bonds. The lowest BCUT2D eigenvalue weighted by Crippen LogP contribution is -2.35. The van der Waals surface area contributed by atoms with Gasteiger partial charge in [-0.15, -0.1) is 17.6 Å². The highest BCUT2D eigenvalue weighted by atomic mass is 32.2. The molecular weight excluding hydrogens is 427 g/mol. The zero-order chi connectivity index (χ0) is 22.3. The Bertz CT molecular complexity index is 1150. The molecule has 1 aliphatic heterocycles. The third kappa shape index (κ3) is 4.45. The van der Waals surface area contributed by atoms with Gasteiger partial charge in [0.2, 0.25) is 0 Å². The van der Waals surface area contributed by atoms with Crippen LogP contribution in [0.5, 0.6) is 5.75 Å². The summed E-state index contributed by atoms with van der Waals surface area (Å²) in [4.78, 5) is 12.7. The molecule has 0 unspecified atom stereocenters. The first-order chi connectivity index (χ1) is 13.9. The highest BCUT2D eigenvalue weighted by Crippen LogP contribution is 2.25. The van der Waals surface area contributed by atoms with Gasteiger partial charge in [0, 0.05) is 31.0 Å². The number of carbonyl (C=O) groups is 1. The number of benzene rings is 1. The first kappa shape index (κ1) is 21.4. The third-order valence-corrected chi connectivity index (χ3v) is 5.58. The number of halogens is 3. The van der Waals surface area contributed by atoms with Gasteiger partial charge in [0.05, 0.1) is 11.9 Å². The summed E-state index contributed by atoms with van der Waals surface area (Å²) in [5.74, 6) is -1.25. The lowest BCUT2D eigenvalue weighted by molar-refractivity contribution is -0.274. The molecule has 2 aromatic rings. The van der Waals surface area contributed by atoms with E-state index in [1.807, 2.05) is 0 Å². The van der Waals surface area contributed by atoms with Crippen LogP contribution >= 0.6 is 0 Å². The van der Waals surface area contributed by atoms with Crippen molar-refractivity contribution >= 4 is 27.5 Å². The van der Waals surface area contributed by atoms with Gasteiger partial charge in [0.1, 0.15) is 11.4 Å². The number of amides is 1. The number of allylic oxidation sites excluding steroid dienone is 1. The molecule has 0 bridgehead atoms. The molecule has 1 aliphatic rings. The molecule has 0 aliphatic carbocycles. The summed E-state index contributed by atoms with van der Waals surface area (Å²) in [5.41, 5.74) is 1.04. The molecule has 160 valence electrons. The molecule has 0 saturated carbocycles. The van der Waals surface area contributed by atoms with E-state index in [1.54, 1.807) is 14.0 Å². The quantitative estimate of drug-likeness (QED) is 0.779. The molecule has 0 spiro atoms. The van der Waals surface area contributed by atoms with Crippen LogP contribution in [0.25, 0.3) is 0 Å². The highest BCUT2D eigenvalue weighted by molar-refractivity contribution is 7.88. The summed E-state index contributed by atoms with van der Waals surface area (Å²) >= 11 is 0. The number of rotatable bonds is 4. The number of ether oxygens (including phenoxy) is 1. The molecular formula is C17H16F3N5O4S. The lowest BCUT2D eigenvalue weighted by atomic mass is 10.1. The summed E-state index contributed by atoms with van der Waals surface area (Å²) in [5, 5.41) is 6.47. The summed E-state index contributed by atoms with van der Waals surface area (Å²) in [6.07, 6.45) is -2.11. The number of anilines is 1. The van der Waals surface area contributed by atoms with Crippen LogP contribution in [0, 0.1) is 6.92 Å². The van der Waals surface area contributed by atoms with Crippen molar-refractivity contribution in [1.82, 2.24) is 14.1 Å². The summed E-state index contributed by atoms with van der Waals surface area (Å²) in [6, 6.07) is 4.42. The van der Waals surface area contributed by atoms with Crippen molar-refractivity contribution in [3.63, 3.8) is 0 Å². The van der Waals surface area contributed by atoms with Crippen molar-refractivity contribution in [2.24, 2.45) is 11.4 Å². The van der Waals surface area contributed by atoms with E-state index in [9.17, 15) is 26.4 Å². The Morgan fingerprint density at radius 2 is 1.80 bits per heavy atom. The topological polar surface area (TPSA) is 106 Å². The molecule has 13 heteroatoms. The number of alkyl halides is 3. The van der Waals surface area contributed by atoms with Gasteiger partial charge in [-0.2, -0.15) is 13.5 Å². The fraction of sp³-hybridized carbons (Fsp3) is 0.235. The van der Waals surface area contributed by atoms with E-state index in [1.165, 1.54) is 29.1 Å². The number of hydrogen-bond donors (Lipinski definition) is 1. The lowest BCUT2D eigenvalue weighted by Gasteiger charge is -2.23. The van der Waals surface area contributed by atoms with Crippen LogP contribution in [0.3, 0.4) is 0 Å². The standard InChI is InChI=1S/C17H16F3N5O4S/c1-10-13(9-21-24(10)2)14-8-15(25(3)30(27,28)23-14)16(26)22-11-4-6-12(7-5-11)29-17(18,19)20/h4-9H,1-3H3,(H,22,26). The van der Waals surface area contributed by atoms with E-state index >= 15 is 0 Å². The molecule has 30 heavy (non-hydrogen) atoms. The Labute approximate surface area is 169 Å². The van der Waals surface area contributed by atoms with Crippen LogP contribution in [-0.2, 0) is 22.1 Å². The summed E-state index contributed by atoms with van der Waals surface area (Å²) < 4.78 is 71.2. The minimum atomic E-state index is -4.84. The largest absolute Gasteiger partial charge is 0.573 e. The second-order valence-corrected chi connectivity index (χ2v) is 7.87. The number of carbonyl (C=O) groups excluding carboxylic acids is 1. The van der Waals surface area contributed by atoms with E-state index in [4.69, 9.17) is 0 Å². The third-order valence-electron chi connectivity index (χ3n) is 4.26. The molecule has 0 atom stereocenters. The molecule has 3 rings (SSSR count). The van der Waals surface area contributed by atoms with E-state index < -0.39 is 28.2 Å². The first-order valence-corrected chi connectivity index (χ1v) is 9.74. The molecule has 0 radical (unpaired) electrons. The monoisotopic (exact) mass is 443 g/mol. The van der Waals surface area contributed by atoms with E-state index in [-0.39, 0.29) is 17.1 Å². The molecule has 0 saturated heterocycles. The minimum Gasteiger partial charge on any atom is -0.406 e. The highest BCUT2D eigenvalue weighted by Gasteiger charge is 2.32. The number of aromatic nitrogens is 2. The van der Waals surface area contributed by atoms with Gasteiger partial charge >= 0.3 is 16.6 Å². The average molecular weight is 443 g/mol. The van der Waals surface area contributed by atoms with Crippen molar-refractivity contribution in [1.29, 1.82) is 0 Å². The maximum Gasteiger partial charge on any atom is 0.573 e. The molecule has 1 aromatic carbocycles. The number of aryl methyl sites for hydroxylation is 1. The summed E-state index contributed by atoms with van der Waals surface area (Å²) in [7, 11) is -1.33. The fourth-order valence-electron chi connectivity index (χ4n) is 2.58. The van der Waals surface area contributed by atoms with Crippen LogP contribution in [0.4, 0.5) is 18.9 Å². The molecule has 9 nitrogen and oxygen atoms in total. The zero-order valence-electron chi connectivity index (χ0n) is 15.9. The van der Waals surface area contributed by atoms with Gasteiger partial charge in [-0.05, 0) is 37.3 Å². The van der Waals surface area contributed by atoms with Crippen LogP contribution in [0.2, 0.25) is 0 Å². The number of nitrogens with zero attached hydrogens (tertiary/aromatic N) is 4. The Kier molecular flexibility index (Phi) is 5.33. The normalized spacial score (nSPS) is 16.0. The van der Waals surface area contributed by atoms with E-state index in [2.05, 4.69) is 19.6 Å². The fourth-order valence-corrected chi connectivity index (χ4v) is 3.48. The van der Waals surface area contributed by atoms with Gasteiger partial charge in [0.25, 0.3) is 5.91 Å². The Hall–Kier alpha value is -3.35. The molecule has 0 fully saturated rings. The van der Waals surface area contributed by atoms with Gasteiger partial charge in [-0.25, -0.2) is 4.31 Å². The maximum atomic E-state index is 12.7. The zero-order valence-corrected chi connectivity index (χ0v) is 16.7. The van der Waals surface area contributed by atoms with Crippen molar-refractivity contribution in [2.75, 3.05) is 12.4 Å². The maximum absolute atomic E-state index is 12.7. The Morgan fingerprint density at radius 1 is 1.17 bits per heavy atom. The first-order valence-electron chi connectivity index (χ1n) is 8.34. The average Bonchev–Trinajstić information content (AvgIpc) is 2.96. The minimum absolute atomic E-state index is 0.0396. The molecule has 1 aromatic heterocycles. The van der Waals surface area contributed by atoms with Crippen molar-refractivity contribution in [3.05, 3.63) is 53.5 Å². The smallest absolute Gasteiger partial charge is 0.406 e. The second kappa shape index (κ2) is 7.48. The SMILES string of the molecule is Cc1c(C2=NS(=O)(=O)N(C)C(C(=O)Nc3ccc(OC(F)(F)F)cc3)=C2)cnn1C. The van der Waals surface area contributed by atoms with Crippen molar-refractivity contribution in [3.8, 4) is 5.75 Å². The number of hydrogen-bond acceptors (Lipinski definition) is 5. The van der Waals surface area contributed by atoms with Crippen LogP contribution < -0.4 is 10.1 Å². The molecule has 2 heterocycles. The molecule has 1 N–H and O–H groups in total. The van der Waals surface area contributed by atoms with Gasteiger partial charge < -0.3 is 10.1 Å². The van der Waals surface area contributed by atoms with Crippen molar-refractivity contribution < 1.29 is 31.1 Å². The van der Waals surface area contributed by atoms with Crippen LogP contribution in [0.1, 0.15) is 11.3 Å². The van der Waals surface area contributed by atoms with Gasteiger partial charge in [-0.1, -0.05) is 0 Å². The van der Waals surface area contributed by atoms with E-state index in [0.29, 0.717) is 15.6 Å². The van der Waals surface area contributed by atoms with Gasteiger partial charge in [0.15, 0.2) is 0 Å². The van der Waals surface area contributed by atoms with Crippen LogP contribution in [0.15, 0.2) is 46.6 Å². The van der Waals surface area contributed by atoms with Gasteiger partial charge in [-0.3, -0.25) is 9.48 Å². The number of nitrogens with one attached hydrogen (secondary N) is 1.